The molecule has 0 N–H and O–H groups in total. The molecule has 0 saturated carbocycles. The molecule has 1 heterocycles. The summed E-state index contributed by atoms with van der Waals surface area (Å²) in [5, 5.41) is 10.2. The van der Waals surface area contributed by atoms with Crippen LogP contribution < -0.4 is 0 Å². The summed E-state index contributed by atoms with van der Waals surface area (Å²) < 4.78 is 12.4. The molecule has 5 nitrogen and oxygen atoms in total. The van der Waals surface area contributed by atoms with Crippen molar-refractivity contribution in [2.75, 3.05) is 13.7 Å². The summed E-state index contributed by atoms with van der Waals surface area (Å²) in [4.78, 5) is 12.3. The van der Waals surface area contributed by atoms with Gasteiger partial charge in [-0.05, 0) is 49.2 Å². The van der Waals surface area contributed by atoms with Crippen LogP contribution in [-0.2, 0) is 27.4 Å². The number of hydrogen-bond acceptors (Lipinski definition) is 4. The van der Waals surface area contributed by atoms with Gasteiger partial charge in [0, 0.05) is 25.0 Å². The Morgan fingerprint density at radius 1 is 1.26 bits per heavy atom. The van der Waals surface area contributed by atoms with Crippen LogP contribution in [0.15, 0.2) is 29.8 Å². The molecule has 1 aromatic carbocycles. The average molecular weight is 407 g/mol. The van der Waals surface area contributed by atoms with Crippen molar-refractivity contribution in [3.8, 4) is 6.07 Å². The second-order valence-electron chi connectivity index (χ2n) is 5.97. The first-order chi connectivity index (χ1) is 12.9. The zero-order valence-corrected chi connectivity index (χ0v) is 16.9. The van der Waals surface area contributed by atoms with Crippen molar-refractivity contribution >= 4 is 35.2 Å². The Morgan fingerprint density at radius 3 is 2.63 bits per heavy atom. The molecular weight excluding hydrogens is 387 g/mol. The molecule has 2 aromatic rings. The largest absolute Gasteiger partial charge is 0.457 e. The van der Waals surface area contributed by atoms with E-state index < -0.39 is 5.97 Å². The number of aromatic nitrogens is 1. The number of carbonyl (C=O) groups excluding carboxylic acids is 1. The minimum atomic E-state index is -0.690. The van der Waals surface area contributed by atoms with Gasteiger partial charge in [0.15, 0.2) is 0 Å². The number of ether oxygens (including phenoxy) is 2. The summed E-state index contributed by atoms with van der Waals surface area (Å²) in [5.74, 6) is -0.690. The summed E-state index contributed by atoms with van der Waals surface area (Å²) in [5.41, 5.74) is 3.40. The van der Waals surface area contributed by atoms with Crippen LogP contribution in [0.4, 0.5) is 0 Å². The molecule has 0 bridgehead atoms. The van der Waals surface area contributed by atoms with Crippen LogP contribution in [0.2, 0.25) is 10.0 Å². The molecule has 27 heavy (non-hydrogen) atoms. The quantitative estimate of drug-likeness (QED) is 0.379. The monoisotopic (exact) mass is 406 g/mol. The molecule has 7 heteroatoms. The lowest BCUT2D eigenvalue weighted by Crippen LogP contribution is -2.08. The first kappa shape index (κ1) is 21.0. The van der Waals surface area contributed by atoms with Crippen LogP contribution >= 0.6 is 23.2 Å². The van der Waals surface area contributed by atoms with Gasteiger partial charge in [-0.25, -0.2) is 4.79 Å². The summed E-state index contributed by atoms with van der Waals surface area (Å²) in [6.07, 6.45) is 1.54. The predicted molar refractivity (Wildman–Crippen MR) is 106 cm³/mol. The lowest BCUT2D eigenvalue weighted by atomic mass is 10.1. The van der Waals surface area contributed by atoms with Gasteiger partial charge in [-0.15, -0.1) is 0 Å². The highest BCUT2D eigenvalue weighted by Crippen LogP contribution is 2.23. The van der Waals surface area contributed by atoms with Crippen molar-refractivity contribution in [2.45, 2.75) is 27.0 Å². The smallest absolute Gasteiger partial charge is 0.349 e. The Kier molecular flexibility index (Phi) is 7.49. The van der Waals surface area contributed by atoms with Crippen LogP contribution in [0.5, 0.6) is 0 Å². The molecule has 0 aliphatic rings. The van der Waals surface area contributed by atoms with Gasteiger partial charge in [0.05, 0.1) is 16.7 Å². The van der Waals surface area contributed by atoms with Crippen LogP contribution in [0.1, 0.15) is 22.5 Å². The van der Waals surface area contributed by atoms with Crippen molar-refractivity contribution in [3.05, 3.63) is 62.4 Å². The molecule has 0 atom stereocenters. The van der Waals surface area contributed by atoms with Crippen LogP contribution in [0.25, 0.3) is 6.08 Å². The summed E-state index contributed by atoms with van der Waals surface area (Å²) in [6.45, 7) is 5.18. The molecule has 0 unspecified atom stereocenters. The van der Waals surface area contributed by atoms with Gasteiger partial charge in [-0.2, -0.15) is 5.26 Å². The lowest BCUT2D eigenvalue weighted by molar-refractivity contribution is -0.139. The maximum atomic E-state index is 12.3. The van der Waals surface area contributed by atoms with E-state index in [1.165, 1.54) is 0 Å². The summed E-state index contributed by atoms with van der Waals surface area (Å²) in [6, 6.07) is 8.80. The fraction of sp³-hybridized carbons (Fsp3) is 0.300. The van der Waals surface area contributed by atoms with E-state index in [0.29, 0.717) is 28.8 Å². The number of nitriles is 1. The second-order valence-corrected chi connectivity index (χ2v) is 6.78. The molecule has 0 radical (unpaired) electrons. The van der Waals surface area contributed by atoms with E-state index >= 15 is 0 Å². The Labute approximate surface area is 168 Å². The van der Waals surface area contributed by atoms with Gasteiger partial charge < -0.3 is 14.0 Å². The van der Waals surface area contributed by atoms with E-state index in [4.69, 9.17) is 32.7 Å². The maximum absolute atomic E-state index is 12.3. The standard InChI is InChI=1S/C20H20Cl2N2O3/c1-13-8-16(14(2)24(13)6-7-26-3)10-17(11-23)20(25)27-12-15-4-5-18(21)19(22)9-15/h4-5,8-10H,6-7,12H2,1-3H3/b17-10+. The highest BCUT2D eigenvalue weighted by Gasteiger charge is 2.14. The average Bonchev–Trinajstić information content (AvgIpc) is 2.91. The number of halogens is 2. The van der Waals surface area contributed by atoms with E-state index in [9.17, 15) is 10.1 Å². The second kappa shape index (κ2) is 9.61. The molecular formula is C20H20Cl2N2O3. The van der Waals surface area contributed by atoms with E-state index in [-0.39, 0.29) is 12.2 Å². The Hall–Kier alpha value is -2.26. The third-order valence-electron chi connectivity index (χ3n) is 4.13. The zero-order chi connectivity index (χ0) is 20.0. The van der Waals surface area contributed by atoms with Crippen LogP contribution in [0.3, 0.4) is 0 Å². The summed E-state index contributed by atoms with van der Waals surface area (Å²) in [7, 11) is 1.65. The molecule has 1 aromatic heterocycles. The van der Waals surface area contributed by atoms with Gasteiger partial charge >= 0.3 is 5.97 Å². The van der Waals surface area contributed by atoms with E-state index in [1.54, 1.807) is 31.4 Å². The molecule has 142 valence electrons. The number of rotatable bonds is 7. The highest BCUT2D eigenvalue weighted by atomic mass is 35.5. The third kappa shape index (κ3) is 5.36. The van der Waals surface area contributed by atoms with Gasteiger partial charge in [0.1, 0.15) is 18.2 Å². The number of carbonyl (C=O) groups is 1. The summed E-state index contributed by atoms with van der Waals surface area (Å²) >= 11 is 11.8. The van der Waals surface area contributed by atoms with Crippen molar-refractivity contribution in [3.63, 3.8) is 0 Å². The van der Waals surface area contributed by atoms with Gasteiger partial charge in [0.2, 0.25) is 0 Å². The Bertz CT molecular complexity index is 911. The molecule has 2 rings (SSSR count). The number of benzene rings is 1. The number of esters is 1. The van der Waals surface area contributed by atoms with Gasteiger partial charge in [-0.1, -0.05) is 29.3 Å². The molecule has 0 fully saturated rings. The zero-order valence-electron chi connectivity index (χ0n) is 15.4. The van der Waals surface area contributed by atoms with Gasteiger partial charge in [0.25, 0.3) is 0 Å². The SMILES string of the molecule is COCCn1c(C)cc(/C=C(\C#N)C(=O)OCc2ccc(Cl)c(Cl)c2)c1C. The Balaban J connectivity index is 2.14. The number of hydrogen-bond donors (Lipinski definition) is 0. The molecule has 0 aliphatic heterocycles. The van der Waals surface area contributed by atoms with Crippen LogP contribution in [-0.4, -0.2) is 24.3 Å². The van der Waals surface area contributed by atoms with E-state index in [0.717, 1.165) is 17.0 Å². The predicted octanol–water partition coefficient (Wildman–Crippen LogP) is 4.71. The topological polar surface area (TPSA) is 64.2 Å². The van der Waals surface area contributed by atoms with Crippen molar-refractivity contribution in [1.29, 1.82) is 5.26 Å². The number of methoxy groups -OCH3 is 1. The first-order valence-electron chi connectivity index (χ1n) is 8.26. The number of aryl methyl sites for hydroxylation is 1. The lowest BCUT2D eigenvalue weighted by Gasteiger charge is -2.08. The van der Waals surface area contributed by atoms with Crippen LogP contribution in [0, 0.1) is 25.2 Å². The molecule has 0 spiro atoms. The fourth-order valence-corrected chi connectivity index (χ4v) is 2.97. The minimum absolute atomic E-state index is 0.00159. The normalized spacial score (nSPS) is 11.3. The first-order valence-corrected chi connectivity index (χ1v) is 9.01. The number of nitrogens with zero attached hydrogens (tertiary/aromatic N) is 2. The molecule has 0 aliphatic carbocycles. The van der Waals surface area contributed by atoms with Crippen molar-refractivity contribution < 1.29 is 14.3 Å². The highest BCUT2D eigenvalue weighted by molar-refractivity contribution is 6.42. The third-order valence-corrected chi connectivity index (χ3v) is 4.86. The van der Waals surface area contributed by atoms with E-state index in [2.05, 4.69) is 4.57 Å². The van der Waals surface area contributed by atoms with Crippen molar-refractivity contribution in [1.82, 2.24) is 4.57 Å². The fourth-order valence-electron chi connectivity index (χ4n) is 2.65. The minimum Gasteiger partial charge on any atom is -0.457 e. The van der Waals surface area contributed by atoms with Crippen molar-refractivity contribution in [2.24, 2.45) is 0 Å². The van der Waals surface area contributed by atoms with Gasteiger partial charge in [-0.3, -0.25) is 0 Å². The molecule has 0 amide bonds. The maximum Gasteiger partial charge on any atom is 0.349 e. The van der Waals surface area contributed by atoms with E-state index in [1.807, 2.05) is 26.0 Å². The Morgan fingerprint density at radius 2 is 2.00 bits per heavy atom. The molecule has 0 saturated heterocycles.